The van der Waals surface area contributed by atoms with Gasteiger partial charge in [-0.05, 0) is 42.7 Å². The maximum absolute atomic E-state index is 12.0. The van der Waals surface area contributed by atoms with E-state index in [1.165, 1.54) is 43.5 Å². The van der Waals surface area contributed by atoms with Crippen LogP contribution < -0.4 is 5.32 Å². The predicted octanol–water partition coefficient (Wildman–Crippen LogP) is 4.22. The highest BCUT2D eigenvalue weighted by molar-refractivity contribution is 5.89. The number of nitrogens with zero attached hydrogens (tertiary/aromatic N) is 1. The number of carbonyl (C=O) groups excluding carboxylic acids is 1. The molecule has 3 atom stereocenters. The lowest BCUT2D eigenvalue weighted by molar-refractivity contribution is -0.384. The van der Waals surface area contributed by atoms with Gasteiger partial charge in [0.25, 0.3) is 5.69 Å². The van der Waals surface area contributed by atoms with Crippen LogP contribution in [-0.4, -0.2) is 30.1 Å². The molecule has 1 aliphatic rings. The molecular weight excluding hydrogens is 356 g/mol. The quantitative estimate of drug-likeness (QED) is 0.329. The fourth-order valence-electron chi connectivity index (χ4n) is 3.73. The number of non-ortho nitro benzene ring substituents is 1. The number of carbonyl (C=O) groups is 1. The molecule has 1 N–H and O–H groups in total. The minimum Gasteiger partial charge on any atom is -0.461 e. The molecule has 0 radical (unpaired) electrons. The van der Waals surface area contributed by atoms with Gasteiger partial charge in [0, 0.05) is 24.7 Å². The zero-order chi connectivity index (χ0) is 18.4. The summed E-state index contributed by atoms with van der Waals surface area (Å²) in [6.45, 7) is 7.74. The van der Waals surface area contributed by atoms with Gasteiger partial charge in [0.05, 0.1) is 10.5 Å². The third-order valence-electron chi connectivity index (χ3n) is 5.16. The Labute approximate surface area is 161 Å². The maximum Gasteiger partial charge on any atom is 0.338 e. The summed E-state index contributed by atoms with van der Waals surface area (Å²) in [7, 11) is 0. The molecule has 2 rings (SSSR count). The van der Waals surface area contributed by atoms with Gasteiger partial charge in [-0.3, -0.25) is 10.1 Å². The van der Waals surface area contributed by atoms with Crippen molar-refractivity contribution in [3.05, 3.63) is 39.9 Å². The molecule has 1 fully saturated rings. The number of hydrogen-bond donors (Lipinski definition) is 1. The van der Waals surface area contributed by atoms with Crippen LogP contribution in [-0.2, 0) is 4.74 Å². The first kappa shape index (κ1) is 22.4. The minimum absolute atomic E-state index is 0. The summed E-state index contributed by atoms with van der Waals surface area (Å²) in [5.41, 5.74) is 0.293. The van der Waals surface area contributed by atoms with Crippen LogP contribution in [0, 0.1) is 27.9 Å². The lowest BCUT2D eigenvalue weighted by Gasteiger charge is -2.39. The molecule has 1 saturated carbocycles. The molecule has 0 bridgehead atoms. The van der Waals surface area contributed by atoms with E-state index < -0.39 is 10.9 Å². The third-order valence-corrected chi connectivity index (χ3v) is 5.16. The van der Waals surface area contributed by atoms with Crippen molar-refractivity contribution in [1.82, 2.24) is 5.32 Å². The first-order valence-corrected chi connectivity index (χ1v) is 9.05. The van der Waals surface area contributed by atoms with Crippen molar-refractivity contribution in [2.45, 2.75) is 46.1 Å². The Morgan fingerprint density at radius 2 is 1.96 bits per heavy atom. The monoisotopic (exact) mass is 384 g/mol. The summed E-state index contributed by atoms with van der Waals surface area (Å²) in [4.78, 5) is 22.1. The van der Waals surface area contributed by atoms with E-state index in [1.807, 2.05) is 0 Å². The molecule has 0 saturated heterocycles. The number of halogens is 1. The molecule has 1 aromatic rings. The lowest BCUT2D eigenvalue weighted by Crippen LogP contribution is -2.46. The molecule has 146 valence electrons. The van der Waals surface area contributed by atoms with Gasteiger partial charge >= 0.3 is 5.97 Å². The minimum atomic E-state index is -0.491. The molecular formula is C19H29ClN2O4. The van der Waals surface area contributed by atoms with Crippen LogP contribution in [0.25, 0.3) is 0 Å². The van der Waals surface area contributed by atoms with E-state index in [0.717, 1.165) is 0 Å². The second-order valence-corrected chi connectivity index (χ2v) is 7.24. The van der Waals surface area contributed by atoms with Crippen LogP contribution in [0.3, 0.4) is 0 Å². The van der Waals surface area contributed by atoms with Crippen molar-refractivity contribution in [1.29, 1.82) is 0 Å². The zero-order valence-corrected chi connectivity index (χ0v) is 16.5. The van der Waals surface area contributed by atoms with Gasteiger partial charge in [0.2, 0.25) is 0 Å². The highest BCUT2D eigenvalue weighted by atomic mass is 35.5. The Morgan fingerprint density at radius 1 is 1.31 bits per heavy atom. The lowest BCUT2D eigenvalue weighted by atomic mass is 9.73. The molecule has 0 aromatic heterocycles. The summed E-state index contributed by atoms with van der Waals surface area (Å²) in [6, 6.07) is 5.93. The molecule has 1 aliphatic carbocycles. The third kappa shape index (κ3) is 5.95. The van der Waals surface area contributed by atoms with Crippen molar-refractivity contribution in [3.8, 4) is 0 Å². The van der Waals surface area contributed by atoms with Crippen LogP contribution in [0.2, 0.25) is 0 Å². The number of esters is 1. The van der Waals surface area contributed by atoms with Crippen molar-refractivity contribution >= 4 is 24.1 Å². The standard InChI is InChI=1S/C19H28N2O4.ClH/c1-13(2)17-6-4-5-14(3)18(17)20-11-12-25-19(22)15-7-9-16(10-8-15)21(23)24;/h7-10,13-14,17-18,20H,4-6,11-12H2,1-3H3;1H. The second kappa shape index (κ2) is 10.5. The zero-order valence-electron chi connectivity index (χ0n) is 15.6. The molecule has 3 unspecified atom stereocenters. The van der Waals surface area contributed by atoms with Gasteiger partial charge in [-0.25, -0.2) is 4.79 Å². The average Bonchev–Trinajstić information content (AvgIpc) is 2.59. The summed E-state index contributed by atoms with van der Waals surface area (Å²) >= 11 is 0. The van der Waals surface area contributed by atoms with Crippen molar-refractivity contribution < 1.29 is 14.5 Å². The van der Waals surface area contributed by atoms with Crippen LogP contribution >= 0.6 is 12.4 Å². The number of hydrogen-bond acceptors (Lipinski definition) is 5. The average molecular weight is 385 g/mol. The number of nitro groups is 1. The van der Waals surface area contributed by atoms with Gasteiger partial charge in [0.1, 0.15) is 6.61 Å². The largest absolute Gasteiger partial charge is 0.461 e. The first-order valence-electron chi connectivity index (χ1n) is 9.05. The molecule has 26 heavy (non-hydrogen) atoms. The first-order chi connectivity index (χ1) is 11.9. The Balaban J connectivity index is 0.00000338. The normalized spacial score (nSPS) is 22.5. The Bertz CT molecular complexity index is 592. The van der Waals surface area contributed by atoms with Crippen LogP contribution in [0.4, 0.5) is 5.69 Å². The number of ether oxygens (including phenoxy) is 1. The number of nitrogens with one attached hydrogen (secondary N) is 1. The highest BCUT2D eigenvalue weighted by Gasteiger charge is 2.31. The number of benzene rings is 1. The Hall–Kier alpha value is -1.66. The van der Waals surface area contributed by atoms with Crippen LogP contribution in [0.15, 0.2) is 24.3 Å². The predicted molar refractivity (Wildman–Crippen MR) is 104 cm³/mol. The maximum atomic E-state index is 12.0. The van der Waals surface area contributed by atoms with E-state index >= 15 is 0 Å². The fourth-order valence-corrected chi connectivity index (χ4v) is 3.73. The number of rotatable bonds is 7. The highest BCUT2D eigenvalue weighted by Crippen LogP contribution is 2.33. The topological polar surface area (TPSA) is 81.5 Å². The summed E-state index contributed by atoms with van der Waals surface area (Å²) < 4.78 is 5.28. The second-order valence-electron chi connectivity index (χ2n) is 7.24. The van der Waals surface area contributed by atoms with E-state index in [0.29, 0.717) is 42.5 Å². The fraction of sp³-hybridized carbons (Fsp3) is 0.632. The molecule has 0 amide bonds. The number of nitro benzene ring substituents is 1. The summed E-state index contributed by atoms with van der Waals surface area (Å²) in [5, 5.41) is 14.2. The van der Waals surface area contributed by atoms with E-state index in [9.17, 15) is 14.9 Å². The van der Waals surface area contributed by atoms with Gasteiger partial charge in [-0.1, -0.05) is 27.2 Å². The van der Waals surface area contributed by atoms with Crippen molar-refractivity contribution in [2.75, 3.05) is 13.2 Å². The van der Waals surface area contributed by atoms with E-state index in [1.54, 1.807) is 0 Å². The van der Waals surface area contributed by atoms with Crippen LogP contribution in [0.5, 0.6) is 0 Å². The van der Waals surface area contributed by atoms with Gasteiger partial charge < -0.3 is 10.1 Å². The van der Waals surface area contributed by atoms with Gasteiger partial charge in [0.15, 0.2) is 0 Å². The SMILES string of the molecule is CC(C)C1CCCC(C)C1NCCOC(=O)c1ccc([N+](=O)[O-])cc1.Cl. The molecule has 7 heteroatoms. The molecule has 1 aromatic carbocycles. The van der Waals surface area contributed by atoms with Crippen LogP contribution in [0.1, 0.15) is 50.4 Å². The Kier molecular flexibility index (Phi) is 9.02. The van der Waals surface area contributed by atoms with E-state index in [2.05, 4.69) is 26.1 Å². The molecule has 0 heterocycles. The molecule has 6 nitrogen and oxygen atoms in total. The van der Waals surface area contributed by atoms with E-state index in [-0.39, 0.29) is 18.1 Å². The summed E-state index contributed by atoms with van der Waals surface area (Å²) in [5.74, 6) is 1.48. The molecule has 0 aliphatic heterocycles. The smallest absolute Gasteiger partial charge is 0.338 e. The van der Waals surface area contributed by atoms with E-state index in [4.69, 9.17) is 4.74 Å². The molecule has 0 spiro atoms. The van der Waals surface area contributed by atoms with Gasteiger partial charge in [-0.15, -0.1) is 12.4 Å². The van der Waals surface area contributed by atoms with Crippen molar-refractivity contribution in [3.63, 3.8) is 0 Å². The summed E-state index contributed by atoms with van der Waals surface area (Å²) in [6.07, 6.45) is 3.78. The van der Waals surface area contributed by atoms with Gasteiger partial charge in [-0.2, -0.15) is 0 Å². The van der Waals surface area contributed by atoms with Crippen molar-refractivity contribution in [2.24, 2.45) is 17.8 Å². The Morgan fingerprint density at radius 3 is 2.54 bits per heavy atom.